The van der Waals surface area contributed by atoms with Gasteiger partial charge >= 0.3 is 0 Å². The molecule has 0 aromatic heterocycles. The number of rotatable bonds is 2. The molecule has 0 bridgehead atoms. The van der Waals surface area contributed by atoms with Crippen molar-refractivity contribution in [2.45, 2.75) is 20.3 Å². The van der Waals surface area contributed by atoms with Crippen molar-refractivity contribution in [3.05, 3.63) is 0 Å². The SMILES string of the molecule is CC(=O)CC(C)=O.[Ru].[Ru]. The van der Waals surface area contributed by atoms with Gasteiger partial charge in [0.05, 0.1) is 6.42 Å². The molecule has 0 saturated heterocycles. The Kier molecular flexibility index (Phi) is 15.5. The molecule has 9 heavy (non-hydrogen) atoms. The Morgan fingerprint density at radius 3 is 1.22 bits per heavy atom. The molecule has 0 heterocycles. The van der Waals surface area contributed by atoms with Gasteiger partial charge in [-0.1, -0.05) is 0 Å². The minimum atomic E-state index is -0.0625. The van der Waals surface area contributed by atoms with E-state index in [1.54, 1.807) is 0 Å². The molecule has 0 fully saturated rings. The molecule has 0 aromatic carbocycles. The Morgan fingerprint density at radius 1 is 1.00 bits per heavy atom. The molecule has 0 spiro atoms. The Hall–Kier alpha value is 0.587. The minimum Gasteiger partial charge on any atom is -0.300 e. The summed E-state index contributed by atoms with van der Waals surface area (Å²) in [6, 6.07) is 0. The van der Waals surface area contributed by atoms with E-state index in [9.17, 15) is 9.59 Å². The summed E-state index contributed by atoms with van der Waals surface area (Å²) in [5.41, 5.74) is 0. The van der Waals surface area contributed by atoms with Crippen LogP contribution in [0.2, 0.25) is 0 Å². The van der Waals surface area contributed by atoms with Gasteiger partial charge in [-0.15, -0.1) is 0 Å². The Labute approximate surface area is 80.3 Å². The van der Waals surface area contributed by atoms with Crippen molar-refractivity contribution in [2.75, 3.05) is 0 Å². The number of carbonyl (C=O) groups excluding carboxylic acids is 2. The average Bonchev–Trinajstić information content (AvgIpc) is 1.27. The first kappa shape index (κ1) is 16.3. The number of Topliss-reactive ketones (excluding diaryl/α,β-unsaturated/α-hetero) is 2. The van der Waals surface area contributed by atoms with E-state index in [0.717, 1.165) is 0 Å². The third kappa shape index (κ3) is 17.7. The van der Waals surface area contributed by atoms with E-state index in [0.29, 0.717) is 0 Å². The molecule has 0 aliphatic carbocycles. The smallest absolute Gasteiger partial charge is 0.137 e. The molecule has 0 N–H and O–H groups in total. The van der Waals surface area contributed by atoms with Crippen LogP contribution in [-0.2, 0) is 48.5 Å². The first-order valence-electron chi connectivity index (χ1n) is 2.12. The molecule has 0 aliphatic heterocycles. The second kappa shape index (κ2) is 8.59. The summed E-state index contributed by atoms with van der Waals surface area (Å²) in [5, 5.41) is 0. The van der Waals surface area contributed by atoms with Crippen molar-refractivity contribution >= 4 is 11.6 Å². The third-order valence-electron chi connectivity index (χ3n) is 0.498. The summed E-state index contributed by atoms with van der Waals surface area (Å²) >= 11 is 0. The molecule has 0 saturated carbocycles. The van der Waals surface area contributed by atoms with Crippen molar-refractivity contribution in [3.8, 4) is 0 Å². The van der Waals surface area contributed by atoms with Crippen LogP contribution in [0.5, 0.6) is 0 Å². The fourth-order valence-electron chi connectivity index (χ4n) is 0.351. The molecule has 0 atom stereocenters. The van der Waals surface area contributed by atoms with Crippen LogP contribution in [0.1, 0.15) is 20.3 Å². The molecule has 0 radical (unpaired) electrons. The molecular weight excluding hydrogens is 294 g/mol. The van der Waals surface area contributed by atoms with Crippen LogP contribution in [0.4, 0.5) is 0 Å². The van der Waals surface area contributed by atoms with Gasteiger partial charge in [-0.2, -0.15) is 0 Å². The van der Waals surface area contributed by atoms with Crippen LogP contribution >= 0.6 is 0 Å². The first-order valence-corrected chi connectivity index (χ1v) is 2.12. The van der Waals surface area contributed by atoms with Gasteiger partial charge in [-0.3, -0.25) is 9.59 Å². The summed E-state index contributed by atoms with van der Waals surface area (Å²) < 4.78 is 0. The zero-order chi connectivity index (χ0) is 5.86. The van der Waals surface area contributed by atoms with Crippen molar-refractivity contribution in [1.29, 1.82) is 0 Å². The van der Waals surface area contributed by atoms with E-state index >= 15 is 0 Å². The first-order chi connectivity index (χ1) is 3.13. The Balaban J connectivity index is -0.000000180. The predicted octanol–water partition coefficient (Wildman–Crippen LogP) is 0.549. The number of ketones is 2. The Morgan fingerprint density at radius 2 is 1.22 bits per heavy atom. The van der Waals surface area contributed by atoms with Gasteiger partial charge in [-0.05, 0) is 13.8 Å². The fourth-order valence-corrected chi connectivity index (χ4v) is 0.351. The van der Waals surface area contributed by atoms with Gasteiger partial charge in [-0.25, -0.2) is 0 Å². The van der Waals surface area contributed by atoms with Gasteiger partial charge in [0.25, 0.3) is 0 Å². The monoisotopic (exact) mass is 304 g/mol. The van der Waals surface area contributed by atoms with E-state index in [4.69, 9.17) is 0 Å². The van der Waals surface area contributed by atoms with Crippen molar-refractivity contribution in [1.82, 2.24) is 0 Å². The van der Waals surface area contributed by atoms with Gasteiger partial charge < -0.3 is 0 Å². The van der Waals surface area contributed by atoms with E-state index in [1.807, 2.05) is 0 Å². The van der Waals surface area contributed by atoms with Crippen molar-refractivity contribution < 1.29 is 48.5 Å². The topological polar surface area (TPSA) is 34.1 Å². The summed E-state index contributed by atoms with van der Waals surface area (Å²) in [6.07, 6.45) is 0.0833. The molecule has 0 rings (SSSR count). The van der Waals surface area contributed by atoms with Crippen molar-refractivity contribution in [3.63, 3.8) is 0 Å². The quantitative estimate of drug-likeness (QED) is 0.551. The fraction of sp³-hybridized carbons (Fsp3) is 0.600. The van der Waals surface area contributed by atoms with Gasteiger partial charge in [0, 0.05) is 39.0 Å². The molecular formula is C5H8O2Ru2. The second-order valence-electron chi connectivity index (χ2n) is 1.58. The van der Waals surface area contributed by atoms with Crippen LogP contribution < -0.4 is 0 Å². The number of hydrogen-bond acceptors (Lipinski definition) is 2. The zero-order valence-corrected chi connectivity index (χ0v) is 8.71. The second-order valence-corrected chi connectivity index (χ2v) is 1.58. The van der Waals surface area contributed by atoms with Crippen LogP contribution in [0, 0.1) is 0 Å². The standard InChI is InChI=1S/C5H8O2.2Ru/c1-4(6)3-5(2)7;;/h3H2,1-2H3;;. The average molecular weight is 302 g/mol. The van der Waals surface area contributed by atoms with Crippen LogP contribution in [0.15, 0.2) is 0 Å². The van der Waals surface area contributed by atoms with E-state index in [-0.39, 0.29) is 56.9 Å². The van der Waals surface area contributed by atoms with E-state index in [1.165, 1.54) is 13.8 Å². The molecule has 0 amide bonds. The molecule has 0 aromatic rings. The molecule has 0 unspecified atom stereocenters. The maximum Gasteiger partial charge on any atom is 0.137 e. The number of hydrogen-bond donors (Lipinski definition) is 0. The van der Waals surface area contributed by atoms with E-state index < -0.39 is 0 Å². The predicted molar refractivity (Wildman–Crippen MR) is 26.0 cm³/mol. The maximum absolute atomic E-state index is 10.0. The van der Waals surface area contributed by atoms with Gasteiger partial charge in [0.1, 0.15) is 11.6 Å². The Bertz CT molecular complexity index is 89.1. The third-order valence-corrected chi connectivity index (χ3v) is 0.498. The normalized spacial score (nSPS) is 6.44. The molecule has 0 aliphatic rings. The zero-order valence-electron chi connectivity index (χ0n) is 5.23. The van der Waals surface area contributed by atoms with Crippen molar-refractivity contribution in [2.24, 2.45) is 0 Å². The summed E-state index contributed by atoms with van der Waals surface area (Å²) in [5.74, 6) is -0.125. The minimum absolute atomic E-state index is 0. The molecule has 2 nitrogen and oxygen atoms in total. The molecule has 4 heteroatoms. The largest absolute Gasteiger partial charge is 0.300 e. The number of carbonyl (C=O) groups is 2. The van der Waals surface area contributed by atoms with Gasteiger partial charge in [0.2, 0.25) is 0 Å². The molecule has 56 valence electrons. The van der Waals surface area contributed by atoms with E-state index in [2.05, 4.69) is 0 Å². The summed E-state index contributed by atoms with van der Waals surface area (Å²) in [6.45, 7) is 2.81. The summed E-state index contributed by atoms with van der Waals surface area (Å²) in [4.78, 5) is 20.1. The van der Waals surface area contributed by atoms with Crippen LogP contribution in [-0.4, -0.2) is 11.6 Å². The summed E-state index contributed by atoms with van der Waals surface area (Å²) in [7, 11) is 0. The van der Waals surface area contributed by atoms with Crippen LogP contribution in [0.25, 0.3) is 0 Å². The maximum atomic E-state index is 10.0. The van der Waals surface area contributed by atoms with Gasteiger partial charge in [0.15, 0.2) is 0 Å². The van der Waals surface area contributed by atoms with Crippen LogP contribution in [0.3, 0.4) is 0 Å².